The van der Waals surface area contributed by atoms with Crippen molar-refractivity contribution in [3.05, 3.63) is 28.1 Å². The summed E-state index contributed by atoms with van der Waals surface area (Å²) in [6, 6.07) is 0.412. The summed E-state index contributed by atoms with van der Waals surface area (Å²) in [5.41, 5.74) is -1.83. The molecule has 0 bridgehead atoms. The molecule has 1 rings (SSSR count). The van der Waals surface area contributed by atoms with Gasteiger partial charge in [0, 0.05) is 6.04 Å². The van der Waals surface area contributed by atoms with Crippen LogP contribution in [-0.2, 0) is 6.18 Å². The Balaban J connectivity index is 3.24. The van der Waals surface area contributed by atoms with Crippen LogP contribution in [-0.4, -0.2) is 15.9 Å². The minimum atomic E-state index is -4.62. The summed E-state index contributed by atoms with van der Waals surface area (Å²) >= 11 is 0. The van der Waals surface area contributed by atoms with Crippen LogP contribution in [0.2, 0.25) is 0 Å². The van der Waals surface area contributed by atoms with E-state index >= 15 is 0 Å². The zero-order chi connectivity index (χ0) is 13.2. The van der Waals surface area contributed by atoms with E-state index in [1.807, 2.05) is 0 Å². The second-order valence-electron chi connectivity index (χ2n) is 3.64. The van der Waals surface area contributed by atoms with E-state index in [0.717, 1.165) is 0 Å². The number of alkyl halides is 3. The van der Waals surface area contributed by atoms with Crippen LogP contribution in [0.15, 0.2) is 12.3 Å². The lowest BCUT2D eigenvalue weighted by atomic mass is 10.2. The monoisotopic (exact) mass is 249 g/mol. The molecule has 0 unspecified atom stereocenters. The highest BCUT2D eigenvalue weighted by atomic mass is 19.4. The lowest BCUT2D eigenvalue weighted by molar-refractivity contribution is -0.384. The number of pyridine rings is 1. The van der Waals surface area contributed by atoms with Gasteiger partial charge in [-0.1, -0.05) is 0 Å². The molecular formula is C9H10F3N3O2. The van der Waals surface area contributed by atoms with Crippen LogP contribution in [0.5, 0.6) is 0 Å². The third kappa shape index (κ3) is 3.30. The van der Waals surface area contributed by atoms with Gasteiger partial charge in [0.1, 0.15) is 17.6 Å². The summed E-state index contributed by atoms with van der Waals surface area (Å²) in [6.45, 7) is 3.33. The highest BCUT2D eigenvalue weighted by molar-refractivity contribution is 5.61. The Hall–Kier alpha value is -1.86. The molecule has 0 saturated carbocycles. The zero-order valence-corrected chi connectivity index (χ0v) is 9.08. The molecule has 0 saturated heterocycles. The van der Waals surface area contributed by atoms with E-state index in [0.29, 0.717) is 12.3 Å². The van der Waals surface area contributed by atoms with Crippen molar-refractivity contribution in [2.24, 2.45) is 0 Å². The van der Waals surface area contributed by atoms with E-state index in [1.54, 1.807) is 13.8 Å². The fraction of sp³-hybridized carbons (Fsp3) is 0.444. The molecule has 94 valence electrons. The number of hydrogen-bond donors (Lipinski definition) is 1. The maximum Gasteiger partial charge on any atom is 0.433 e. The maximum atomic E-state index is 12.4. The second kappa shape index (κ2) is 4.56. The molecule has 0 fully saturated rings. The predicted octanol–water partition coefficient (Wildman–Crippen LogP) is 2.83. The van der Waals surface area contributed by atoms with E-state index in [1.165, 1.54) is 0 Å². The van der Waals surface area contributed by atoms with Gasteiger partial charge in [-0.3, -0.25) is 10.1 Å². The molecule has 0 spiro atoms. The summed E-state index contributed by atoms with van der Waals surface area (Å²) < 4.78 is 37.1. The fourth-order valence-electron chi connectivity index (χ4n) is 1.18. The summed E-state index contributed by atoms with van der Waals surface area (Å²) in [5.74, 6) is 0. The molecule has 0 amide bonds. The van der Waals surface area contributed by atoms with Crippen molar-refractivity contribution in [3.63, 3.8) is 0 Å². The van der Waals surface area contributed by atoms with E-state index < -0.39 is 22.5 Å². The van der Waals surface area contributed by atoms with Gasteiger partial charge in [-0.05, 0) is 19.9 Å². The molecular weight excluding hydrogens is 239 g/mol. The molecule has 17 heavy (non-hydrogen) atoms. The maximum absolute atomic E-state index is 12.4. The lowest BCUT2D eigenvalue weighted by Gasteiger charge is -2.12. The summed E-state index contributed by atoms with van der Waals surface area (Å²) in [7, 11) is 0. The number of rotatable bonds is 3. The highest BCUT2D eigenvalue weighted by Crippen LogP contribution is 2.33. The first-order valence-electron chi connectivity index (χ1n) is 4.70. The van der Waals surface area contributed by atoms with E-state index in [4.69, 9.17) is 0 Å². The number of nitrogens with zero attached hydrogens (tertiary/aromatic N) is 2. The van der Waals surface area contributed by atoms with Gasteiger partial charge in [-0.2, -0.15) is 13.2 Å². The number of nitro groups is 1. The minimum absolute atomic E-state index is 0.188. The van der Waals surface area contributed by atoms with Crippen molar-refractivity contribution in [1.82, 2.24) is 4.98 Å². The van der Waals surface area contributed by atoms with Crippen LogP contribution in [0.4, 0.5) is 24.5 Å². The van der Waals surface area contributed by atoms with Crippen LogP contribution in [0, 0.1) is 10.1 Å². The lowest BCUT2D eigenvalue weighted by Crippen LogP contribution is -2.14. The molecule has 0 aromatic carbocycles. The van der Waals surface area contributed by atoms with Crippen LogP contribution in [0.3, 0.4) is 0 Å². The molecule has 0 radical (unpaired) electrons. The summed E-state index contributed by atoms with van der Waals surface area (Å²) in [6.07, 6.45) is -4.02. The summed E-state index contributed by atoms with van der Waals surface area (Å²) in [4.78, 5) is 12.9. The highest BCUT2D eigenvalue weighted by Gasteiger charge is 2.34. The van der Waals surface area contributed by atoms with Gasteiger partial charge in [0.25, 0.3) is 0 Å². The van der Waals surface area contributed by atoms with Gasteiger partial charge in [0.05, 0.1) is 4.92 Å². The topological polar surface area (TPSA) is 68.1 Å². The SMILES string of the molecule is CC(C)Nc1cc(C(F)(F)F)ncc1[N+](=O)[O-]. The third-order valence-corrected chi connectivity index (χ3v) is 1.81. The van der Waals surface area contributed by atoms with Crippen molar-refractivity contribution in [2.45, 2.75) is 26.1 Å². The Morgan fingerprint density at radius 2 is 2.06 bits per heavy atom. The van der Waals surface area contributed by atoms with Crippen molar-refractivity contribution >= 4 is 11.4 Å². The Kier molecular flexibility index (Phi) is 3.54. The number of anilines is 1. The normalized spacial score (nSPS) is 11.6. The largest absolute Gasteiger partial charge is 0.433 e. The molecule has 5 nitrogen and oxygen atoms in total. The smallest absolute Gasteiger partial charge is 0.377 e. The van der Waals surface area contributed by atoms with Gasteiger partial charge < -0.3 is 5.32 Å². The Morgan fingerprint density at radius 3 is 2.47 bits per heavy atom. The Bertz CT molecular complexity index is 432. The van der Waals surface area contributed by atoms with E-state index in [9.17, 15) is 23.3 Å². The van der Waals surface area contributed by atoms with Gasteiger partial charge in [0.15, 0.2) is 0 Å². The van der Waals surface area contributed by atoms with Crippen LogP contribution < -0.4 is 5.32 Å². The second-order valence-corrected chi connectivity index (χ2v) is 3.64. The Morgan fingerprint density at radius 1 is 1.47 bits per heavy atom. The predicted molar refractivity (Wildman–Crippen MR) is 54.7 cm³/mol. The first-order valence-corrected chi connectivity index (χ1v) is 4.70. The molecule has 1 aromatic rings. The molecule has 0 aliphatic heterocycles. The third-order valence-electron chi connectivity index (χ3n) is 1.81. The molecule has 1 N–H and O–H groups in total. The van der Waals surface area contributed by atoms with Crippen molar-refractivity contribution in [2.75, 3.05) is 5.32 Å². The van der Waals surface area contributed by atoms with Crippen molar-refractivity contribution in [3.8, 4) is 0 Å². The Labute approximate surface area is 94.8 Å². The molecule has 0 aliphatic rings. The van der Waals surface area contributed by atoms with E-state index in [2.05, 4.69) is 10.3 Å². The van der Waals surface area contributed by atoms with Gasteiger partial charge >= 0.3 is 11.9 Å². The molecule has 0 atom stereocenters. The molecule has 1 heterocycles. The van der Waals surface area contributed by atoms with Gasteiger partial charge in [-0.15, -0.1) is 0 Å². The molecule has 0 aliphatic carbocycles. The minimum Gasteiger partial charge on any atom is -0.377 e. The number of aromatic nitrogens is 1. The summed E-state index contributed by atoms with van der Waals surface area (Å²) in [5, 5.41) is 13.2. The number of halogens is 3. The number of hydrogen-bond acceptors (Lipinski definition) is 4. The van der Waals surface area contributed by atoms with Crippen LogP contribution in [0.1, 0.15) is 19.5 Å². The van der Waals surface area contributed by atoms with Crippen molar-refractivity contribution < 1.29 is 18.1 Å². The van der Waals surface area contributed by atoms with E-state index in [-0.39, 0.29) is 11.7 Å². The van der Waals surface area contributed by atoms with Crippen molar-refractivity contribution in [1.29, 1.82) is 0 Å². The van der Waals surface area contributed by atoms with Crippen LogP contribution in [0.25, 0.3) is 0 Å². The molecule has 8 heteroatoms. The fourth-order valence-corrected chi connectivity index (χ4v) is 1.18. The van der Waals surface area contributed by atoms with Gasteiger partial charge in [0.2, 0.25) is 0 Å². The number of nitrogens with one attached hydrogen (secondary N) is 1. The first-order chi connectivity index (χ1) is 7.71. The standard InChI is InChI=1S/C9H10F3N3O2/c1-5(2)14-6-3-8(9(10,11)12)13-4-7(6)15(16)17/h3-5H,1-2H3,(H,13,14). The average Bonchev–Trinajstić information content (AvgIpc) is 2.14. The first kappa shape index (κ1) is 13.2. The quantitative estimate of drug-likeness (QED) is 0.660. The zero-order valence-electron chi connectivity index (χ0n) is 9.08. The average molecular weight is 249 g/mol. The molecule has 1 aromatic heterocycles. The van der Waals surface area contributed by atoms with Crippen LogP contribution >= 0.6 is 0 Å². The van der Waals surface area contributed by atoms with Gasteiger partial charge in [-0.25, -0.2) is 4.98 Å².